The van der Waals surface area contributed by atoms with E-state index in [4.69, 9.17) is 0 Å². The van der Waals surface area contributed by atoms with E-state index in [1.807, 2.05) is 13.0 Å². The summed E-state index contributed by atoms with van der Waals surface area (Å²) in [4.78, 5) is 4.18. The van der Waals surface area contributed by atoms with Crippen molar-refractivity contribution in [1.29, 1.82) is 0 Å². The van der Waals surface area contributed by atoms with Crippen molar-refractivity contribution in [1.82, 2.24) is 4.98 Å². The van der Waals surface area contributed by atoms with E-state index in [1.54, 1.807) is 19.1 Å². The quantitative estimate of drug-likeness (QED) is 0.774. The van der Waals surface area contributed by atoms with Crippen LogP contribution < -0.4 is 0 Å². The van der Waals surface area contributed by atoms with Gasteiger partial charge in [-0.05, 0) is 19.9 Å². The third-order valence-electron chi connectivity index (χ3n) is 2.35. The maximum Gasteiger partial charge on any atom is 0.148 e. The van der Waals surface area contributed by atoms with Gasteiger partial charge in [0.2, 0.25) is 0 Å². The van der Waals surface area contributed by atoms with Crippen molar-refractivity contribution in [2.75, 3.05) is 0 Å². The highest BCUT2D eigenvalue weighted by molar-refractivity contribution is 8.93. The van der Waals surface area contributed by atoms with Gasteiger partial charge in [0.1, 0.15) is 11.5 Å². The van der Waals surface area contributed by atoms with Crippen LogP contribution in [-0.2, 0) is 0 Å². The molecule has 0 amide bonds. The molecular formula is C11H12BrNO2. The van der Waals surface area contributed by atoms with Crippen molar-refractivity contribution in [2.24, 2.45) is 0 Å². The first-order chi connectivity index (χ1) is 6.61. The largest absolute Gasteiger partial charge is 0.507 e. The van der Waals surface area contributed by atoms with Gasteiger partial charge in [-0.25, -0.2) is 0 Å². The maximum atomic E-state index is 9.74. The summed E-state index contributed by atoms with van der Waals surface area (Å²) in [5, 5.41) is 20.6. The van der Waals surface area contributed by atoms with Crippen LogP contribution in [0, 0.1) is 13.8 Å². The van der Waals surface area contributed by atoms with E-state index in [9.17, 15) is 10.2 Å². The molecular weight excluding hydrogens is 258 g/mol. The molecule has 2 rings (SSSR count). The fourth-order valence-electron chi connectivity index (χ4n) is 1.64. The number of benzene rings is 1. The number of hydrogen-bond acceptors (Lipinski definition) is 3. The molecule has 1 aromatic heterocycles. The van der Waals surface area contributed by atoms with Crippen molar-refractivity contribution < 1.29 is 10.2 Å². The van der Waals surface area contributed by atoms with E-state index in [1.165, 1.54) is 0 Å². The predicted octanol–water partition coefficient (Wildman–Crippen LogP) is 2.84. The Hall–Kier alpha value is -1.29. The lowest BCUT2D eigenvalue weighted by atomic mass is 10.1. The third-order valence-corrected chi connectivity index (χ3v) is 2.35. The Kier molecular flexibility index (Phi) is 3.19. The summed E-state index contributed by atoms with van der Waals surface area (Å²) in [5.74, 6) is 0.150. The number of nitrogens with zero attached hydrogens (tertiary/aromatic N) is 1. The lowest BCUT2D eigenvalue weighted by Crippen LogP contribution is -1.89. The van der Waals surface area contributed by atoms with E-state index in [0.717, 1.165) is 11.1 Å². The summed E-state index contributed by atoms with van der Waals surface area (Å²) in [6.45, 7) is 3.57. The Morgan fingerprint density at radius 3 is 2.40 bits per heavy atom. The van der Waals surface area contributed by atoms with Gasteiger partial charge >= 0.3 is 0 Å². The molecule has 3 nitrogen and oxygen atoms in total. The van der Waals surface area contributed by atoms with E-state index >= 15 is 0 Å². The molecule has 80 valence electrons. The highest BCUT2D eigenvalue weighted by atomic mass is 79.9. The predicted molar refractivity (Wildman–Crippen MR) is 64.9 cm³/mol. The van der Waals surface area contributed by atoms with Gasteiger partial charge in [0.05, 0.1) is 11.1 Å². The number of aromatic nitrogens is 1. The van der Waals surface area contributed by atoms with Crippen LogP contribution in [0.15, 0.2) is 18.2 Å². The number of aromatic hydroxyl groups is 2. The summed E-state index contributed by atoms with van der Waals surface area (Å²) in [7, 11) is 0. The zero-order chi connectivity index (χ0) is 10.3. The number of aryl methyl sites for hydroxylation is 2. The standard InChI is InChI=1S/C11H11NO2.BrH/c1-6-8-4-3-5-9(13)10(8)11(14)7(2)12-6;/h3-5,13-14H,1-2H3;1H. The van der Waals surface area contributed by atoms with Crippen molar-refractivity contribution in [3.05, 3.63) is 29.6 Å². The van der Waals surface area contributed by atoms with Crippen molar-refractivity contribution in [3.8, 4) is 11.5 Å². The first-order valence-corrected chi connectivity index (χ1v) is 4.39. The molecule has 0 aliphatic rings. The van der Waals surface area contributed by atoms with Crippen LogP contribution in [0.5, 0.6) is 11.5 Å². The highest BCUT2D eigenvalue weighted by Crippen LogP contribution is 2.35. The molecule has 0 aliphatic carbocycles. The van der Waals surface area contributed by atoms with E-state index in [2.05, 4.69) is 4.98 Å². The Morgan fingerprint density at radius 2 is 1.73 bits per heavy atom. The minimum atomic E-state index is 0. The number of hydrogen-bond donors (Lipinski definition) is 2. The average molecular weight is 270 g/mol. The summed E-state index contributed by atoms with van der Waals surface area (Å²) >= 11 is 0. The molecule has 0 atom stereocenters. The summed E-state index contributed by atoms with van der Waals surface area (Å²) < 4.78 is 0. The molecule has 1 heterocycles. The van der Waals surface area contributed by atoms with E-state index < -0.39 is 0 Å². The van der Waals surface area contributed by atoms with Crippen LogP contribution in [0.25, 0.3) is 10.8 Å². The topological polar surface area (TPSA) is 53.4 Å². The average Bonchev–Trinajstić information content (AvgIpc) is 2.14. The molecule has 0 spiro atoms. The van der Waals surface area contributed by atoms with Gasteiger partial charge in [-0.3, -0.25) is 4.98 Å². The summed E-state index contributed by atoms with van der Waals surface area (Å²) in [5.41, 5.74) is 1.35. The minimum Gasteiger partial charge on any atom is -0.507 e. The Morgan fingerprint density at radius 1 is 1.07 bits per heavy atom. The fourth-order valence-corrected chi connectivity index (χ4v) is 1.64. The Bertz CT molecular complexity index is 511. The lowest BCUT2D eigenvalue weighted by molar-refractivity contribution is 0.459. The smallest absolute Gasteiger partial charge is 0.148 e. The lowest BCUT2D eigenvalue weighted by Gasteiger charge is -2.07. The molecule has 0 aliphatic heterocycles. The molecule has 2 N–H and O–H groups in total. The molecule has 0 bridgehead atoms. The second-order valence-corrected chi connectivity index (χ2v) is 3.33. The number of halogens is 1. The number of phenols is 1. The molecule has 0 saturated carbocycles. The molecule has 0 saturated heterocycles. The van der Waals surface area contributed by atoms with E-state index in [-0.39, 0.29) is 28.5 Å². The maximum absolute atomic E-state index is 9.74. The van der Waals surface area contributed by atoms with Crippen LogP contribution in [0.1, 0.15) is 11.4 Å². The molecule has 1 aromatic carbocycles. The molecule has 15 heavy (non-hydrogen) atoms. The van der Waals surface area contributed by atoms with Gasteiger partial charge in [0.25, 0.3) is 0 Å². The normalized spacial score (nSPS) is 10.0. The molecule has 4 heteroatoms. The Balaban J connectivity index is 0.00000112. The van der Waals surface area contributed by atoms with Gasteiger partial charge in [-0.2, -0.15) is 0 Å². The van der Waals surface area contributed by atoms with Gasteiger partial charge < -0.3 is 10.2 Å². The summed E-state index contributed by atoms with van der Waals surface area (Å²) in [6, 6.07) is 5.12. The van der Waals surface area contributed by atoms with Gasteiger partial charge in [0.15, 0.2) is 0 Å². The van der Waals surface area contributed by atoms with E-state index in [0.29, 0.717) is 11.1 Å². The van der Waals surface area contributed by atoms with Crippen LogP contribution in [-0.4, -0.2) is 15.2 Å². The van der Waals surface area contributed by atoms with Crippen LogP contribution in [0.2, 0.25) is 0 Å². The minimum absolute atomic E-state index is 0. The molecule has 2 aromatic rings. The van der Waals surface area contributed by atoms with Gasteiger partial charge in [-0.15, -0.1) is 17.0 Å². The van der Waals surface area contributed by atoms with Gasteiger partial charge in [-0.1, -0.05) is 12.1 Å². The Labute approximate surface area is 98.2 Å². The van der Waals surface area contributed by atoms with Crippen molar-refractivity contribution in [3.63, 3.8) is 0 Å². The number of rotatable bonds is 0. The third kappa shape index (κ3) is 1.77. The van der Waals surface area contributed by atoms with Crippen LogP contribution >= 0.6 is 17.0 Å². The highest BCUT2D eigenvalue weighted by Gasteiger charge is 2.10. The molecule has 0 radical (unpaired) electrons. The van der Waals surface area contributed by atoms with Crippen molar-refractivity contribution in [2.45, 2.75) is 13.8 Å². The van der Waals surface area contributed by atoms with Crippen LogP contribution in [0.4, 0.5) is 0 Å². The molecule has 0 fully saturated rings. The monoisotopic (exact) mass is 269 g/mol. The first-order valence-electron chi connectivity index (χ1n) is 4.39. The fraction of sp³-hybridized carbons (Fsp3) is 0.182. The summed E-state index contributed by atoms with van der Waals surface area (Å²) in [6.07, 6.45) is 0. The molecule has 0 unspecified atom stereocenters. The first kappa shape index (κ1) is 11.8. The van der Waals surface area contributed by atoms with Gasteiger partial charge in [0, 0.05) is 11.1 Å². The van der Waals surface area contributed by atoms with Crippen LogP contribution in [0.3, 0.4) is 0 Å². The SMILES string of the molecule is Br.Cc1nc(C)c2cccc(O)c2c1O. The zero-order valence-electron chi connectivity index (χ0n) is 8.48. The second-order valence-electron chi connectivity index (χ2n) is 3.33. The van der Waals surface area contributed by atoms with Crippen molar-refractivity contribution >= 4 is 27.8 Å². The number of fused-ring (bicyclic) bond motifs is 1. The zero-order valence-corrected chi connectivity index (χ0v) is 10.2. The number of phenolic OH excluding ortho intramolecular Hbond substituents is 1. The number of pyridine rings is 1. The second kappa shape index (κ2) is 4.06.